The Labute approximate surface area is 142 Å². The van der Waals surface area contributed by atoms with E-state index in [0.717, 1.165) is 0 Å². The molecule has 0 aromatic heterocycles. The number of ether oxygens (including phenoxy) is 4. The molecule has 0 saturated heterocycles. The van der Waals surface area contributed by atoms with Crippen molar-refractivity contribution in [3.8, 4) is 17.2 Å². The summed E-state index contributed by atoms with van der Waals surface area (Å²) in [4.78, 5) is 24.6. The number of carbonyl (C=O) groups is 2. The molecule has 0 aliphatic rings. The smallest absolute Gasteiger partial charge is 0.328 e. The van der Waals surface area contributed by atoms with Gasteiger partial charge in [0.25, 0.3) is 5.91 Å². The Morgan fingerprint density at radius 3 is 2.12 bits per heavy atom. The first-order valence-electron chi connectivity index (χ1n) is 7.62. The van der Waals surface area contributed by atoms with Gasteiger partial charge in [0.15, 0.2) is 11.5 Å². The summed E-state index contributed by atoms with van der Waals surface area (Å²) in [5.74, 6) is -0.0292. The third-order valence-corrected chi connectivity index (χ3v) is 3.90. The average molecular weight is 339 g/mol. The van der Waals surface area contributed by atoms with Gasteiger partial charge >= 0.3 is 5.97 Å². The molecule has 0 spiro atoms. The molecule has 7 nitrogen and oxygen atoms in total. The zero-order chi connectivity index (χ0) is 18.3. The van der Waals surface area contributed by atoms with Crippen LogP contribution in [0.1, 0.15) is 30.6 Å². The van der Waals surface area contributed by atoms with Gasteiger partial charge in [-0.15, -0.1) is 0 Å². The lowest BCUT2D eigenvalue weighted by atomic mass is 9.98. The van der Waals surface area contributed by atoms with Crippen molar-refractivity contribution in [1.29, 1.82) is 0 Å². The van der Waals surface area contributed by atoms with Crippen molar-refractivity contribution >= 4 is 11.9 Å². The minimum Gasteiger partial charge on any atom is -0.493 e. The average Bonchev–Trinajstić information content (AvgIpc) is 2.62. The van der Waals surface area contributed by atoms with Crippen LogP contribution in [0.25, 0.3) is 0 Å². The molecule has 1 aromatic carbocycles. The van der Waals surface area contributed by atoms with Crippen LogP contribution in [0.15, 0.2) is 12.1 Å². The van der Waals surface area contributed by atoms with Gasteiger partial charge in [-0.25, -0.2) is 4.79 Å². The van der Waals surface area contributed by atoms with Gasteiger partial charge < -0.3 is 24.3 Å². The lowest BCUT2D eigenvalue weighted by Crippen LogP contribution is -2.45. The molecule has 0 saturated carbocycles. The quantitative estimate of drug-likeness (QED) is 0.730. The number of esters is 1. The molecule has 0 fully saturated rings. The van der Waals surface area contributed by atoms with Crippen LogP contribution in [0, 0.1) is 5.92 Å². The first-order chi connectivity index (χ1) is 11.4. The number of rotatable bonds is 8. The van der Waals surface area contributed by atoms with Crippen molar-refractivity contribution < 1.29 is 28.5 Å². The molecule has 134 valence electrons. The SMILES string of the molecule is CC[C@H](C)[C@H](NC(=O)c1ccc(OC)c(OC)c1OC)C(=O)OC. The number of methoxy groups -OCH3 is 4. The van der Waals surface area contributed by atoms with Gasteiger partial charge in [-0.1, -0.05) is 20.3 Å². The number of nitrogens with one attached hydrogen (secondary N) is 1. The van der Waals surface area contributed by atoms with E-state index < -0.39 is 17.9 Å². The second kappa shape index (κ2) is 9.00. The molecule has 1 aromatic rings. The molecule has 7 heteroatoms. The largest absolute Gasteiger partial charge is 0.493 e. The van der Waals surface area contributed by atoms with Gasteiger partial charge in [0.1, 0.15) is 6.04 Å². The Morgan fingerprint density at radius 1 is 1.04 bits per heavy atom. The van der Waals surface area contributed by atoms with Crippen LogP contribution in [-0.2, 0) is 9.53 Å². The second-order valence-corrected chi connectivity index (χ2v) is 5.24. The van der Waals surface area contributed by atoms with E-state index in [-0.39, 0.29) is 17.2 Å². The summed E-state index contributed by atoms with van der Waals surface area (Å²) in [5, 5.41) is 2.71. The van der Waals surface area contributed by atoms with Gasteiger partial charge in [0.2, 0.25) is 5.75 Å². The fraction of sp³-hybridized carbons (Fsp3) is 0.529. The molecular weight excluding hydrogens is 314 g/mol. The fourth-order valence-corrected chi connectivity index (χ4v) is 2.30. The standard InChI is InChI=1S/C17H25NO6/c1-7-10(2)13(17(20)24-6)18-16(19)11-8-9-12(21-3)15(23-5)14(11)22-4/h8-10,13H,7H2,1-6H3,(H,18,19)/t10-,13-/m0/s1. The van der Waals surface area contributed by atoms with Crippen LogP contribution in [0.5, 0.6) is 17.2 Å². The number of amides is 1. The van der Waals surface area contributed by atoms with E-state index >= 15 is 0 Å². The first-order valence-corrected chi connectivity index (χ1v) is 7.62. The maximum absolute atomic E-state index is 12.6. The van der Waals surface area contributed by atoms with Crippen molar-refractivity contribution in [2.75, 3.05) is 28.4 Å². The lowest BCUT2D eigenvalue weighted by molar-refractivity contribution is -0.144. The molecule has 0 aliphatic heterocycles. The van der Waals surface area contributed by atoms with Gasteiger partial charge in [-0.2, -0.15) is 0 Å². The molecule has 0 unspecified atom stereocenters. The van der Waals surface area contributed by atoms with E-state index in [0.29, 0.717) is 17.9 Å². The third-order valence-electron chi connectivity index (χ3n) is 3.90. The molecule has 1 amide bonds. The van der Waals surface area contributed by atoms with E-state index in [1.807, 2.05) is 13.8 Å². The number of hydrogen-bond donors (Lipinski definition) is 1. The molecule has 2 atom stereocenters. The summed E-state index contributed by atoms with van der Waals surface area (Å²) < 4.78 is 20.5. The zero-order valence-electron chi connectivity index (χ0n) is 15.0. The number of hydrogen-bond acceptors (Lipinski definition) is 6. The topological polar surface area (TPSA) is 83.1 Å². The zero-order valence-corrected chi connectivity index (χ0v) is 15.0. The molecule has 0 radical (unpaired) electrons. The Hall–Kier alpha value is -2.44. The highest BCUT2D eigenvalue weighted by Crippen LogP contribution is 2.39. The van der Waals surface area contributed by atoms with Crippen LogP contribution < -0.4 is 19.5 Å². The second-order valence-electron chi connectivity index (χ2n) is 5.24. The monoisotopic (exact) mass is 339 g/mol. The lowest BCUT2D eigenvalue weighted by Gasteiger charge is -2.23. The van der Waals surface area contributed by atoms with E-state index in [9.17, 15) is 9.59 Å². The first kappa shape index (κ1) is 19.6. The highest BCUT2D eigenvalue weighted by molar-refractivity contribution is 6.00. The molecule has 24 heavy (non-hydrogen) atoms. The summed E-state index contributed by atoms with van der Waals surface area (Å²) in [6.07, 6.45) is 0.711. The predicted octanol–water partition coefficient (Wildman–Crippen LogP) is 2.03. The molecular formula is C17H25NO6. The third kappa shape index (κ3) is 4.10. The van der Waals surface area contributed by atoms with Crippen molar-refractivity contribution in [3.05, 3.63) is 17.7 Å². The molecule has 0 bridgehead atoms. The number of benzene rings is 1. The molecule has 0 heterocycles. The Morgan fingerprint density at radius 2 is 1.67 bits per heavy atom. The highest BCUT2D eigenvalue weighted by Gasteiger charge is 2.29. The summed E-state index contributed by atoms with van der Waals surface area (Å²) >= 11 is 0. The van der Waals surface area contributed by atoms with Crippen LogP contribution in [0.4, 0.5) is 0 Å². The maximum atomic E-state index is 12.6. The molecule has 1 N–H and O–H groups in total. The normalized spacial score (nSPS) is 12.8. The fourth-order valence-electron chi connectivity index (χ4n) is 2.30. The van der Waals surface area contributed by atoms with Gasteiger partial charge in [-0.05, 0) is 18.1 Å². The minimum absolute atomic E-state index is 0.0764. The maximum Gasteiger partial charge on any atom is 0.328 e. The van der Waals surface area contributed by atoms with Crippen molar-refractivity contribution in [3.63, 3.8) is 0 Å². The summed E-state index contributed by atoms with van der Waals surface area (Å²) in [6, 6.07) is 2.41. The summed E-state index contributed by atoms with van der Waals surface area (Å²) in [7, 11) is 5.67. The van der Waals surface area contributed by atoms with Crippen LogP contribution >= 0.6 is 0 Å². The summed E-state index contributed by atoms with van der Waals surface area (Å²) in [6.45, 7) is 3.80. The molecule has 0 aliphatic carbocycles. The Bertz CT molecular complexity index is 587. The molecule has 1 rings (SSSR count). The van der Waals surface area contributed by atoms with E-state index in [1.165, 1.54) is 28.4 Å². The van der Waals surface area contributed by atoms with E-state index in [2.05, 4.69) is 5.32 Å². The van der Waals surface area contributed by atoms with E-state index in [1.54, 1.807) is 12.1 Å². The number of carbonyl (C=O) groups excluding carboxylic acids is 2. The van der Waals surface area contributed by atoms with Gasteiger partial charge in [0.05, 0.1) is 34.0 Å². The van der Waals surface area contributed by atoms with E-state index in [4.69, 9.17) is 18.9 Å². The van der Waals surface area contributed by atoms with Crippen LogP contribution in [-0.4, -0.2) is 46.4 Å². The Kier molecular flexibility index (Phi) is 7.35. The van der Waals surface area contributed by atoms with Crippen molar-refractivity contribution in [1.82, 2.24) is 5.32 Å². The summed E-state index contributed by atoms with van der Waals surface area (Å²) in [5.41, 5.74) is 0.243. The van der Waals surface area contributed by atoms with Crippen molar-refractivity contribution in [2.45, 2.75) is 26.3 Å². The van der Waals surface area contributed by atoms with Crippen LogP contribution in [0.2, 0.25) is 0 Å². The highest BCUT2D eigenvalue weighted by atomic mass is 16.5. The van der Waals surface area contributed by atoms with Gasteiger partial charge in [-0.3, -0.25) is 4.79 Å². The minimum atomic E-state index is -0.745. The Balaban J connectivity index is 3.20. The van der Waals surface area contributed by atoms with Crippen LogP contribution in [0.3, 0.4) is 0 Å². The van der Waals surface area contributed by atoms with Crippen molar-refractivity contribution in [2.24, 2.45) is 5.92 Å². The van der Waals surface area contributed by atoms with Gasteiger partial charge in [0, 0.05) is 0 Å². The predicted molar refractivity (Wildman–Crippen MR) is 88.8 cm³/mol.